The number of nitrogens with one attached hydrogen (secondary N) is 1. The number of fused-ring (bicyclic) bond motifs is 1. The third kappa shape index (κ3) is 3.15. The van der Waals surface area contributed by atoms with Crippen molar-refractivity contribution in [1.29, 1.82) is 0 Å². The summed E-state index contributed by atoms with van der Waals surface area (Å²) in [6, 6.07) is 14.1. The number of rotatable bonds is 4. The van der Waals surface area contributed by atoms with Crippen LogP contribution in [0.5, 0.6) is 5.75 Å². The Morgan fingerprint density at radius 3 is 2.86 bits per heavy atom. The van der Waals surface area contributed by atoms with E-state index in [0.717, 1.165) is 17.6 Å². The van der Waals surface area contributed by atoms with Crippen molar-refractivity contribution in [1.82, 2.24) is 5.43 Å². The van der Waals surface area contributed by atoms with Crippen LogP contribution in [-0.4, -0.2) is 24.7 Å². The van der Waals surface area contributed by atoms with Gasteiger partial charge in [0, 0.05) is 0 Å². The van der Waals surface area contributed by atoms with Crippen LogP contribution in [0.15, 0.2) is 42.5 Å². The lowest BCUT2D eigenvalue weighted by Gasteiger charge is -2.14. The van der Waals surface area contributed by atoms with Gasteiger partial charge >= 0.3 is 0 Å². The lowest BCUT2D eigenvalue weighted by Crippen LogP contribution is -2.39. The van der Waals surface area contributed by atoms with E-state index in [4.69, 9.17) is 15.3 Å². The molecular formula is C16H18N2O3. The van der Waals surface area contributed by atoms with Gasteiger partial charge in [0.15, 0.2) is 0 Å². The van der Waals surface area contributed by atoms with Crippen molar-refractivity contribution in [2.24, 2.45) is 5.84 Å². The predicted molar refractivity (Wildman–Crippen MR) is 79.7 cm³/mol. The van der Waals surface area contributed by atoms with E-state index in [-0.39, 0.29) is 12.0 Å². The molecule has 3 rings (SSSR count). The van der Waals surface area contributed by atoms with Crippen molar-refractivity contribution >= 4 is 16.7 Å². The number of carbonyl (C=O) groups is 1. The molecule has 1 fully saturated rings. The first-order chi connectivity index (χ1) is 10.3. The van der Waals surface area contributed by atoms with Gasteiger partial charge in [-0.3, -0.25) is 10.2 Å². The highest BCUT2D eigenvalue weighted by molar-refractivity contribution is 5.83. The van der Waals surface area contributed by atoms with Crippen molar-refractivity contribution in [2.75, 3.05) is 6.61 Å². The highest BCUT2D eigenvalue weighted by Crippen LogP contribution is 2.23. The second-order valence-corrected chi connectivity index (χ2v) is 5.15. The molecule has 5 heteroatoms. The Bertz CT molecular complexity index is 644. The Morgan fingerprint density at radius 2 is 2.05 bits per heavy atom. The Kier molecular flexibility index (Phi) is 4.03. The number of nitrogens with two attached hydrogens (primary N) is 1. The normalized spacial score (nSPS) is 21.4. The van der Waals surface area contributed by atoms with Gasteiger partial charge in [0.25, 0.3) is 5.91 Å². The lowest BCUT2D eigenvalue weighted by molar-refractivity contribution is -0.132. The van der Waals surface area contributed by atoms with E-state index >= 15 is 0 Å². The second kappa shape index (κ2) is 6.11. The van der Waals surface area contributed by atoms with Crippen molar-refractivity contribution in [3.8, 4) is 5.75 Å². The maximum absolute atomic E-state index is 11.4. The van der Waals surface area contributed by atoms with Crippen LogP contribution in [0, 0.1) is 0 Å². The number of hydrazine groups is 1. The maximum Gasteiger partial charge on any atom is 0.263 e. The SMILES string of the molecule is NNC(=O)C1CCC(COc2ccc3ccccc3c2)O1. The van der Waals surface area contributed by atoms with Crippen molar-refractivity contribution in [3.05, 3.63) is 42.5 Å². The molecule has 0 radical (unpaired) electrons. The molecule has 0 saturated carbocycles. The number of hydrogen-bond donors (Lipinski definition) is 2. The first kappa shape index (κ1) is 13.9. The van der Waals surface area contributed by atoms with E-state index in [0.29, 0.717) is 13.0 Å². The fourth-order valence-corrected chi connectivity index (χ4v) is 2.56. The molecule has 110 valence electrons. The van der Waals surface area contributed by atoms with Gasteiger partial charge in [-0.2, -0.15) is 0 Å². The average molecular weight is 286 g/mol. The van der Waals surface area contributed by atoms with Crippen LogP contribution in [0.3, 0.4) is 0 Å². The van der Waals surface area contributed by atoms with Crippen LogP contribution >= 0.6 is 0 Å². The zero-order chi connectivity index (χ0) is 14.7. The van der Waals surface area contributed by atoms with Crippen LogP contribution in [0.25, 0.3) is 10.8 Å². The van der Waals surface area contributed by atoms with Gasteiger partial charge in [0.2, 0.25) is 0 Å². The molecule has 0 bridgehead atoms. The van der Waals surface area contributed by atoms with Crippen LogP contribution in [0.1, 0.15) is 12.8 Å². The molecule has 3 N–H and O–H groups in total. The van der Waals surface area contributed by atoms with Crippen molar-refractivity contribution in [2.45, 2.75) is 25.0 Å². The van der Waals surface area contributed by atoms with E-state index in [9.17, 15) is 4.79 Å². The molecule has 2 unspecified atom stereocenters. The Morgan fingerprint density at radius 1 is 1.24 bits per heavy atom. The molecule has 1 saturated heterocycles. The lowest BCUT2D eigenvalue weighted by atomic mass is 10.1. The molecule has 1 amide bonds. The van der Waals surface area contributed by atoms with Crippen LogP contribution in [-0.2, 0) is 9.53 Å². The molecular weight excluding hydrogens is 268 g/mol. The monoisotopic (exact) mass is 286 g/mol. The topological polar surface area (TPSA) is 73.6 Å². The quantitative estimate of drug-likeness (QED) is 0.510. The third-order valence-corrected chi connectivity index (χ3v) is 3.70. The molecule has 0 aliphatic carbocycles. The second-order valence-electron chi connectivity index (χ2n) is 5.15. The van der Waals surface area contributed by atoms with Gasteiger partial charge in [-0.1, -0.05) is 30.3 Å². The molecule has 1 aliphatic rings. The summed E-state index contributed by atoms with van der Waals surface area (Å²) in [5.41, 5.74) is 2.12. The summed E-state index contributed by atoms with van der Waals surface area (Å²) in [4.78, 5) is 11.4. The van der Waals surface area contributed by atoms with E-state index < -0.39 is 6.10 Å². The molecule has 0 spiro atoms. The Labute approximate surface area is 123 Å². The average Bonchev–Trinajstić information content (AvgIpc) is 3.01. The zero-order valence-electron chi connectivity index (χ0n) is 11.6. The molecule has 2 atom stereocenters. The highest BCUT2D eigenvalue weighted by Gasteiger charge is 2.30. The third-order valence-electron chi connectivity index (χ3n) is 3.70. The minimum atomic E-state index is -0.458. The molecule has 0 aromatic heterocycles. The molecule has 1 heterocycles. The molecule has 2 aromatic carbocycles. The van der Waals surface area contributed by atoms with E-state index in [2.05, 4.69) is 17.6 Å². The number of hydrogen-bond acceptors (Lipinski definition) is 4. The van der Waals surface area contributed by atoms with Gasteiger partial charge < -0.3 is 9.47 Å². The Balaban J connectivity index is 1.58. The van der Waals surface area contributed by atoms with E-state index in [1.54, 1.807) is 0 Å². The predicted octanol–water partition coefficient (Wildman–Crippen LogP) is 1.76. The largest absolute Gasteiger partial charge is 0.491 e. The van der Waals surface area contributed by atoms with Gasteiger partial charge in [0.05, 0.1) is 6.10 Å². The first-order valence-electron chi connectivity index (χ1n) is 7.04. The maximum atomic E-state index is 11.4. The summed E-state index contributed by atoms with van der Waals surface area (Å²) in [7, 11) is 0. The standard InChI is InChI=1S/C16H18N2O3/c17-18-16(19)15-8-7-14(21-15)10-20-13-6-5-11-3-1-2-4-12(11)9-13/h1-6,9,14-15H,7-8,10,17H2,(H,18,19). The summed E-state index contributed by atoms with van der Waals surface area (Å²) in [5, 5.41) is 2.32. The first-order valence-corrected chi connectivity index (χ1v) is 7.04. The van der Waals surface area contributed by atoms with Crippen LogP contribution in [0.2, 0.25) is 0 Å². The summed E-state index contributed by atoms with van der Waals surface area (Å²) < 4.78 is 11.4. The number of carbonyl (C=O) groups excluding carboxylic acids is 1. The number of benzene rings is 2. The van der Waals surface area contributed by atoms with Crippen molar-refractivity contribution in [3.63, 3.8) is 0 Å². The minimum absolute atomic E-state index is 0.0706. The summed E-state index contributed by atoms with van der Waals surface area (Å²) >= 11 is 0. The van der Waals surface area contributed by atoms with Gasteiger partial charge in [-0.25, -0.2) is 5.84 Å². The molecule has 1 aliphatic heterocycles. The minimum Gasteiger partial charge on any atom is -0.491 e. The molecule has 5 nitrogen and oxygen atoms in total. The van der Waals surface area contributed by atoms with Crippen molar-refractivity contribution < 1.29 is 14.3 Å². The summed E-state index contributed by atoms with van der Waals surface area (Å²) in [6.45, 7) is 0.437. The fourth-order valence-electron chi connectivity index (χ4n) is 2.56. The van der Waals surface area contributed by atoms with Crippen LogP contribution in [0.4, 0.5) is 0 Å². The van der Waals surface area contributed by atoms with Gasteiger partial charge in [0.1, 0.15) is 18.5 Å². The van der Waals surface area contributed by atoms with Gasteiger partial charge in [-0.05, 0) is 35.7 Å². The Hall–Kier alpha value is -2.11. The summed E-state index contributed by atoms with van der Waals surface area (Å²) in [6.07, 6.45) is 0.944. The van der Waals surface area contributed by atoms with Crippen LogP contribution < -0.4 is 16.0 Å². The number of amides is 1. The number of ether oxygens (including phenoxy) is 2. The van der Waals surface area contributed by atoms with E-state index in [1.165, 1.54) is 5.39 Å². The summed E-state index contributed by atoms with van der Waals surface area (Å²) in [5.74, 6) is 5.64. The fraction of sp³-hybridized carbons (Fsp3) is 0.312. The zero-order valence-corrected chi connectivity index (χ0v) is 11.6. The van der Waals surface area contributed by atoms with Gasteiger partial charge in [-0.15, -0.1) is 0 Å². The highest BCUT2D eigenvalue weighted by atomic mass is 16.5. The smallest absolute Gasteiger partial charge is 0.263 e. The molecule has 21 heavy (non-hydrogen) atoms. The van der Waals surface area contributed by atoms with E-state index in [1.807, 2.05) is 30.3 Å². The molecule has 2 aromatic rings.